The highest BCUT2D eigenvalue weighted by atomic mass is 32.2. The second kappa shape index (κ2) is 13.9. The Morgan fingerprint density at radius 3 is 2.12 bits per heavy atom. The molecule has 192 valence electrons. The summed E-state index contributed by atoms with van der Waals surface area (Å²) in [5.41, 5.74) is 0. The molecule has 0 bridgehead atoms. The molecule has 0 saturated carbocycles. The van der Waals surface area contributed by atoms with Gasteiger partial charge < -0.3 is 25.8 Å². The molecule has 1 rings (SSSR count). The van der Waals surface area contributed by atoms with Gasteiger partial charge in [0.25, 0.3) is 0 Å². The monoisotopic (exact) mass is 500 g/mol. The molecule has 11 nitrogen and oxygen atoms in total. The summed E-state index contributed by atoms with van der Waals surface area (Å²) in [6.45, 7) is 5.26. The molecule has 1 aromatic carbocycles. The Hall–Kier alpha value is -2.70. The van der Waals surface area contributed by atoms with Crippen LogP contribution in [-0.4, -0.2) is 70.1 Å². The SMILES string of the molecule is CNC(C)C(=O)NC(C(=O)NC(CCCCNS(=O)(=O)c1ccc(OC)cc1)C(=O)O)C(C)C. The van der Waals surface area contributed by atoms with Crippen molar-refractivity contribution in [2.75, 3.05) is 20.7 Å². The van der Waals surface area contributed by atoms with Gasteiger partial charge in [-0.25, -0.2) is 17.9 Å². The van der Waals surface area contributed by atoms with E-state index in [-0.39, 0.29) is 29.7 Å². The van der Waals surface area contributed by atoms with E-state index in [2.05, 4.69) is 20.7 Å². The van der Waals surface area contributed by atoms with Crippen LogP contribution in [-0.2, 0) is 24.4 Å². The van der Waals surface area contributed by atoms with Gasteiger partial charge in [-0.1, -0.05) is 13.8 Å². The Bertz CT molecular complexity index is 920. The topological polar surface area (TPSA) is 163 Å². The lowest BCUT2D eigenvalue weighted by molar-refractivity contribution is -0.142. The lowest BCUT2D eigenvalue weighted by atomic mass is 10.0. The summed E-state index contributed by atoms with van der Waals surface area (Å²) < 4.78 is 32.2. The van der Waals surface area contributed by atoms with Crippen LogP contribution in [0.5, 0.6) is 5.75 Å². The normalized spacial score (nSPS) is 14.2. The number of hydrogen-bond acceptors (Lipinski definition) is 7. The number of hydrogen-bond donors (Lipinski definition) is 5. The van der Waals surface area contributed by atoms with Crippen molar-refractivity contribution >= 4 is 27.8 Å². The van der Waals surface area contributed by atoms with Gasteiger partial charge in [0.2, 0.25) is 21.8 Å². The maximum absolute atomic E-state index is 12.7. The van der Waals surface area contributed by atoms with Gasteiger partial charge in [-0.3, -0.25) is 9.59 Å². The lowest BCUT2D eigenvalue weighted by Crippen LogP contribution is -2.56. The zero-order chi connectivity index (χ0) is 25.9. The van der Waals surface area contributed by atoms with Crippen molar-refractivity contribution in [2.24, 2.45) is 5.92 Å². The second-order valence-electron chi connectivity index (χ2n) is 8.21. The molecule has 0 spiro atoms. The van der Waals surface area contributed by atoms with E-state index in [9.17, 15) is 27.9 Å². The van der Waals surface area contributed by atoms with Gasteiger partial charge in [-0.15, -0.1) is 0 Å². The van der Waals surface area contributed by atoms with Crippen molar-refractivity contribution in [3.8, 4) is 5.75 Å². The predicted molar refractivity (Wildman–Crippen MR) is 127 cm³/mol. The summed E-state index contributed by atoms with van der Waals surface area (Å²) in [4.78, 5) is 36.5. The number of benzene rings is 1. The number of rotatable bonds is 15. The van der Waals surface area contributed by atoms with Gasteiger partial charge in [0.1, 0.15) is 17.8 Å². The summed E-state index contributed by atoms with van der Waals surface area (Å²) >= 11 is 0. The molecule has 0 fully saturated rings. The molecule has 1 aromatic rings. The van der Waals surface area contributed by atoms with Gasteiger partial charge in [0, 0.05) is 6.54 Å². The molecule has 0 aliphatic heterocycles. The number of aliphatic carboxylic acids is 1. The Morgan fingerprint density at radius 1 is 1.00 bits per heavy atom. The Kier molecular flexibility index (Phi) is 12.0. The van der Waals surface area contributed by atoms with Gasteiger partial charge in [0.05, 0.1) is 18.0 Å². The first kappa shape index (κ1) is 29.3. The Morgan fingerprint density at radius 2 is 1.62 bits per heavy atom. The van der Waals surface area contributed by atoms with Crippen LogP contribution in [0.2, 0.25) is 0 Å². The van der Waals surface area contributed by atoms with Gasteiger partial charge in [0.15, 0.2) is 0 Å². The van der Waals surface area contributed by atoms with E-state index in [0.717, 1.165) is 0 Å². The van der Waals surface area contributed by atoms with E-state index in [1.165, 1.54) is 19.2 Å². The van der Waals surface area contributed by atoms with E-state index in [1.54, 1.807) is 40.0 Å². The average Bonchev–Trinajstić information content (AvgIpc) is 2.80. The predicted octanol–water partition coefficient (Wildman–Crippen LogP) is 0.462. The van der Waals surface area contributed by atoms with E-state index in [0.29, 0.717) is 18.6 Å². The van der Waals surface area contributed by atoms with Crippen LogP contribution in [0.3, 0.4) is 0 Å². The quantitative estimate of drug-likeness (QED) is 0.217. The molecule has 0 heterocycles. The minimum Gasteiger partial charge on any atom is -0.497 e. The highest BCUT2D eigenvalue weighted by Crippen LogP contribution is 2.15. The second-order valence-corrected chi connectivity index (χ2v) is 9.98. The van der Waals surface area contributed by atoms with Crippen LogP contribution < -0.4 is 25.4 Å². The minimum absolute atomic E-state index is 0.0957. The van der Waals surface area contributed by atoms with Crippen LogP contribution in [0.1, 0.15) is 40.0 Å². The fourth-order valence-electron chi connectivity index (χ4n) is 2.98. The van der Waals surface area contributed by atoms with E-state index in [1.807, 2.05) is 0 Å². The number of likely N-dealkylation sites (N-methyl/N-ethyl adjacent to an activating group) is 1. The maximum Gasteiger partial charge on any atom is 0.326 e. The van der Waals surface area contributed by atoms with Crippen molar-refractivity contribution in [3.05, 3.63) is 24.3 Å². The lowest BCUT2D eigenvalue weighted by Gasteiger charge is -2.25. The number of ether oxygens (including phenoxy) is 1. The smallest absolute Gasteiger partial charge is 0.326 e. The number of methoxy groups -OCH3 is 1. The molecular formula is C22H36N4O7S. The highest BCUT2D eigenvalue weighted by molar-refractivity contribution is 7.89. The van der Waals surface area contributed by atoms with Gasteiger partial charge in [-0.05, 0) is 63.4 Å². The summed E-state index contributed by atoms with van der Waals surface area (Å²) in [5.74, 6) is -1.87. The average molecular weight is 501 g/mol. The van der Waals surface area contributed by atoms with E-state index in [4.69, 9.17) is 4.74 Å². The number of nitrogens with one attached hydrogen (secondary N) is 4. The summed E-state index contributed by atoms with van der Waals surface area (Å²) in [5, 5.41) is 17.4. The van der Waals surface area contributed by atoms with E-state index < -0.39 is 40.0 Å². The molecule has 12 heteroatoms. The minimum atomic E-state index is -3.70. The largest absolute Gasteiger partial charge is 0.497 e. The third-order valence-electron chi connectivity index (χ3n) is 5.27. The molecule has 3 atom stereocenters. The van der Waals surface area contributed by atoms with Crippen molar-refractivity contribution in [1.29, 1.82) is 0 Å². The number of sulfonamides is 1. The number of carboxylic acid groups (broad SMARTS) is 1. The first-order chi connectivity index (χ1) is 15.9. The Balaban J connectivity index is 2.59. The third-order valence-corrected chi connectivity index (χ3v) is 6.75. The molecule has 0 saturated heterocycles. The molecule has 0 aromatic heterocycles. The highest BCUT2D eigenvalue weighted by Gasteiger charge is 2.29. The summed E-state index contributed by atoms with van der Waals surface area (Å²) in [6, 6.07) is 3.39. The molecule has 0 radical (unpaired) electrons. The molecule has 34 heavy (non-hydrogen) atoms. The van der Waals surface area contributed by atoms with Crippen molar-refractivity contribution in [2.45, 2.75) is 63.1 Å². The number of carbonyl (C=O) groups is 3. The van der Waals surface area contributed by atoms with Gasteiger partial charge in [-0.2, -0.15) is 0 Å². The number of unbranched alkanes of at least 4 members (excludes halogenated alkanes) is 1. The van der Waals surface area contributed by atoms with Crippen LogP contribution >= 0.6 is 0 Å². The number of carbonyl (C=O) groups excluding carboxylic acids is 2. The zero-order valence-corrected chi connectivity index (χ0v) is 21.1. The zero-order valence-electron chi connectivity index (χ0n) is 20.3. The molecular weight excluding hydrogens is 464 g/mol. The number of carboxylic acids is 1. The van der Waals surface area contributed by atoms with E-state index >= 15 is 0 Å². The molecule has 5 N–H and O–H groups in total. The van der Waals surface area contributed by atoms with Crippen molar-refractivity contribution in [1.82, 2.24) is 20.7 Å². The number of amides is 2. The van der Waals surface area contributed by atoms with Crippen LogP contribution in [0.15, 0.2) is 29.2 Å². The molecule has 0 aliphatic carbocycles. The third kappa shape index (κ3) is 9.27. The van der Waals surface area contributed by atoms with Crippen molar-refractivity contribution < 1.29 is 32.6 Å². The van der Waals surface area contributed by atoms with Crippen LogP contribution in [0, 0.1) is 5.92 Å². The molecule has 2 amide bonds. The van der Waals surface area contributed by atoms with Gasteiger partial charge >= 0.3 is 5.97 Å². The van der Waals surface area contributed by atoms with Crippen LogP contribution in [0.4, 0.5) is 0 Å². The summed E-state index contributed by atoms with van der Waals surface area (Å²) in [6.07, 6.45) is 0.841. The first-order valence-corrected chi connectivity index (χ1v) is 12.6. The first-order valence-electron chi connectivity index (χ1n) is 11.1. The van der Waals surface area contributed by atoms with Crippen LogP contribution in [0.25, 0.3) is 0 Å². The summed E-state index contributed by atoms with van der Waals surface area (Å²) in [7, 11) is -0.598. The fourth-order valence-corrected chi connectivity index (χ4v) is 4.06. The standard InChI is InChI=1S/C22H36N4O7S/c1-14(2)19(26-20(27)15(3)23-4)21(28)25-18(22(29)30)8-6-7-13-24-34(31,32)17-11-9-16(33-5)10-12-17/h9-12,14-15,18-19,23-24H,6-8,13H2,1-5H3,(H,25,28)(H,26,27)(H,29,30). The van der Waals surface area contributed by atoms with Crippen molar-refractivity contribution in [3.63, 3.8) is 0 Å². The molecule has 3 unspecified atom stereocenters. The maximum atomic E-state index is 12.7. The fraction of sp³-hybridized carbons (Fsp3) is 0.591. The molecule has 0 aliphatic rings. The Labute approximate surface area is 201 Å².